The van der Waals surface area contributed by atoms with Crippen molar-refractivity contribution in [2.75, 3.05) is 20.2 Å². The number of nitriles is 1. The summed E-state index contributed by atoms with van der Waals surface area (Å²) in [6, 6.07) is 3.36. The van der Waals surface area contributed by atoms with Crippen LogP contribution in [0.15, 0.2) is 12.3 Å². The molecule has 0 radical (unpaired) electrons. The van der Waals surface area contributed by atoms with Gasteiger partial charge in [-0.2, -0.15) is 5.26 Å². The molecule has 2 heterocycles. The normalized spacial score (nSPS) is 16.9. The topological polar surface area (TPSA) is 66.2 Å². The quantitative estimate of drug-likeness (QED) is 0.812. The van der Waals surface area contributed by atoms with E-state index in [-0.39, 0.29) is 22.2 Å². The van der Waals surface area contributed by atoms with Gasteiger partial charge in [0.1, 0.15) is 17.4 Å². The zero-order chi connectivity index (χ0) is 13.3. The van der Waals surface area contributed by atoms with Crippen molar-refractivity contribution in [2.45, 2.75) is 12.5 Å². The molecule has 0 N–H and O–H groups in total. The van der Waals surface area contributed by atoms with Crippen molar-refractivity contribution in [1.82, 2.24) is 9.88 Å². The molecular formula is C12H12ClN3O2. The van der Waals surface area contributed by atoms with E-state index in [9.17, 15) is 4.79 Å². The molecule has 1 aromatic rings. The van der Waals surface area contributed by atoms with Crippen LogP contribution in [-0.2, 0) is 4.74 Å². The Morgan fingerprint density at radius 1 is 1.67 bits per heavy atom. The number of likely N-dealkylation sites (tertiary alicyclic amines) is 1. The highest BCUT2D eigenvalue weighted by Gasteiger charge is 2.42. The summed E-state index contributed by atoms with van der Waals surface area (Å²) in [7, 11) is 1.62. The second kappa shape index (κ2) is 4.56. The zero-order valence-electron chi connectivity index (χ0n) is 10.1. The Morgan fingerprint density at radius 2 is 2.33 bits per heavy atom. The molecule has 6 heteroatoms. The van der Waals surface area contributed by atoms with Gasteiger partial charge in [0.2, 0.25) is 0 Å². The second-order valence-corrected chi connectivity index (χ2v) is 4.89. The fraction of sp³-hybridized carbons (Fsp3) is 0.417. The molecule has 0 atom stereocenters. The second-order valence-electron chi connectivity index (χ2n) is 4.48. The van der Waals surface area contributed by atoms with Crippen molar-refractivity contribution in [2.24, 2.45) is 0 Å². The van der Waals surface area contributed by atoms with Gasteiger partial charge in [-0.3, -0.25) is 4.79 Å². The summed E-state index contributed by atoms with van der Waals surface area (Å²) in [5, 5.41) is 8.90. The van der Waals surface area contributed by atoms with E-state index in [2.05, 4.69) is 4.98 Å². The summed E-state index contributed by atoms with van der Waals surface area (Å²) in [6.07, 6.45) is 1.34. The lowest BCUT2D eigenvalue weighted by atomic mass is 9.96. The van der Waals surface area contributed by atoms with E-state index in [0.29, 0.717) is 18.7 Å². The minimum atomic E-state index is -0.283. The van der Waals surface area contributed by atoms with Crippen LogP contribution in [0, 0.1) is 11.3 Å². The average molecular weight is 266 g/mol. The van der Waals surface area contributed by atoms with Crippen molar-refractivity contribution in [3.05, 3.63) is 28.5 Å². The summed E-state index contributed by atoms with van der Waals surface area (Å²) in [5.41, 5.74) is 0.227. The number of amides is 1. The van der Waals surface area contributed by atoms with Crippen LogP contribution in [0.3, 0.4) is 0 Å². The predicted molar refractivity (Wildman–Crippen MR) is 65.3 cm³/mol. The van der Waals surface area contributed by atoms with Gasteiger partial charge in [-0.05, 0) is 13.0 Å². The Labute approximate surface area is 110 Å². The predicted octanol–water partition coefficient (Wildman–Crippen LogP) is 1.47. The number of carbonyl (C=O) groups is 1. The molecule has 18 heavy (non-hydrogen) atoms. The third-order valence-corrected chi connectivity index (χ3v) is 3.29. The largest absolute Gasteiger partial charge is 0.375 e. The van der Waals surface area contributed by atoms with Gasteiger partial charge in [-0.25, -0.2) is 4.98 Å². The molecule has 0 aromatic carbocycles. The molecule has 1 aliphatic rings. The first-order valence-corrected chi connectivity index (χ1v) is 5.77. The minimum Gasteiger partial charge on any atom is -0.375 e. The lowest BCUT2D eigenvalue weighted by Gasteiger charge is -2.46. The van der Waals surface area contributed by atoms with Gasteiger partial charge >= 0.3 is 0 Å². The van der Waals surface area contributed by atoms with E-state index in [1.807, 2.05) is 13.0 Å². The summed E-state index contributed by atoms with van der Waals surface area (Å²) in [4.78, 5) is 17.6. The lowest BCUT2D eigenvalue weighted by molar-refractivity contribution is -0.0949. The first kappa shape index (κ1) is 12.8. The smallest absolute Gasteiger partial charge is 0.274 e. The van der Waals surface area contributed by atoms with Gasteiger partial charge in [0.25, 0.3) is 5.91 Å². The number of halogens is 1. The molecule has 5 nitrogen and oxygen atoms in total. The number of ether oxygens (including phenoxy) is 1. The van der Waals surface area contributed by atoms with Crippen LogP contribution in [-0.4, -0.2) is 41.6 Å². The number of aromatic nitrogens is 1. The molecule has 0 bridgehead atoms. The van der Waals surface area contributed by atoms with E-state index >= 15 is 0 Å². The molecule has 1 amide bonds. The first-order chi connectivity index (χ1) is 8.49. The lowest BCUT2D eigenvalue weighted by Crippen LogP contribution is -2.62. The van der Waals surface area contributed by atoms with Crippen LogP contribution in [0.5, 0.6) is 0 Å². The van der Waals surface area contributed by atoms with E-state index in [1.165, 1.54) is 12.3 Å². The van der Waals surface area contributed by atoms with Gasteiger partial charge in [0, 0.05) is 13.3 Å². The van der Waals surface area contributed by atoms with Crippen LogP contribution in [0.25, 0.3) is 0 Å². The van der Waals surface area contributed by atoms with Crippen molar-refractivity contribution in [3.8, 4) is 6.07 Å². The Bertz CT molecular complexity index is 533. The van der Waals surface area contributed by atoms with Gasteiger partial charge in [0.15, 0.2) is 0 Å². The monoisotopic (exact) mass is 265 g/mol. The molecule has 0 aliphatic carbocycles. The van der Waals surface area contributed by atoms with Crippen LogP contribution >= 0.6 is 11.6 Å². The van der Waals surface area contributed by atoms with Crippen LogP contribution in [0.4, 0.5) is 0 Å². The molecule has 0 unspecified atom stereocenters. The minimum absolute atomic E-state index is 0.175. The average Bonchev–Trinajstić information content (AvgIpc) is 2.34. The van der Waals surface area contributed by atoms with Crippen LogP contribution < -0.4 is 0 Å². The number of hydrogen-bond donors (Lipinski definition) is 0. The summed E-state index contributed by atoms with van der Waals surface area (Å²) < 4.78 is 5.27. The van der Waals surface area contributed by atoms with Crippen molar-refractivity contribution in [3.63, 3.8) is 0 Å². The SMILES string of the molecule is COC1(C)CN(C(=O)c2ncc(C#N)cc2Cl)C1. The Balaban J connectivity index is 2.14. The van der Waals surface area contributed by atoms with Gasteiger partial charge in [0.05, 0.1) is 23.7 Å². The summed E-state index contributed by atoms with van der Waals surface area (Å²) in [6.45, 7) is 2.96. The van der Waals surface area contributed by atoms with E-state index < -0.39 is 0 Å². The standard InChI is InChI=1S/C12H12ClN3O2/c1-12(18-2)6-16(7-12)11(17)10-9(13)3-8(4-14)5-15-10/h3,5H,6-7H2,1-2H3. The molecule has 1 fully saturated rings. The van der Waals surface area contributed by atoms with Crippen molar-refractivity contribution < 1.29 is 9.53 Å². The van der Waals surface area contributed by atoms with Crippen molar-refractivity contribution in [1.29, 1.82) is 5.26 Å². The number of hydrogen-bond acceptors (Lipinski definition) is 4. The maximum Gasteiger partial charge on any atom is 0.274 e. The maximum atomic E-state index is 12.1. The fourth-order valence-corrected chi connectivity index (χ4v) is 2.09. The number of rotatable bonds is 2. The number of methoxy groups -OCH3 is 1. The summed E-state index contributed by atoms with van der Waals surface area (Å²) in [5.74, 6) is -0.237. The number of nitrogens with zero attached hydrogens (tertiary/aromatic N) is 3. The zero-order valence-corrected chi connectivity index (χ0v) is 10.9. The van der Waals surface area contributed by atoms with Crippen LogP contribution in [0.1, 0.15) is 23.0 Å². The molecular weight excluding hydrogens is 254 g/mol. The third kappa shape index (κ3) is 2.17. The number of carbonyl (C=O) groups excluding carboxylic acids is 1. The summed E-state index contributed by atoms with van der Waals surface area (Å²) >= 11 is 5.94. The van der Waals surface area contributed by atoms with E-state index in [4.69, 9.17) is 21.6 Å². The van der Waals surface area contributed by atoms with Crippen molar-refractivity contribution >= 4 is 17.5 Å². The maximum absolute atomic E-state index is 12.1. The molecule has 1 aromatic heterocycles. The first-order valence-electron chi connectivity index (χ1n) is 5.39. The van der Waals surface area contributed by atoms with E-state index in [1.54, 1.807) is 12.0 Å². The molecule has 0 spiro atoms. The van der Waals surface area contributed by atoms with E-state index in [0.717, 1.165) is 0 Å². The van der Waals surface area contributed by atoms with Gasteiger partial charge < -0.3 is 9.64 Å². The molecule has 94 valence electrons. The van der Waals surface area contributed by atoms with Crippen LogP contribution in [0.2, 0.25) is 5.02 Å². The molecule has 0 saturated carbocycles. The Morgan fingerprint density at radius 3 is 2.83 bits per heavy atom. The third-order valence-electron chi connectivity index (χ3n) is 3.00. The Kier molecular flexibility index (Phi) is 3.24. The molecule has 2 rings (SSSR count). The molecule has 1 aliphatic heterocycles. The highest BCUT2D eigenvalue weighted by Crippen LogP contribution is 2.27. The van der Waals surface area contributed by atoms with Gasteiger partial charge in [-0.1, -0.05) is 11.6 Å². The highest BCUT2D eigenvalue weighted by molar-refractivity contribution is 6.33. The Hall–Kier alpha value is -1.64. The highest BCUT2D eigenvalue weighted by atomic mass is 35.5. The van der Waals surface area contributed by atoms with Gasteiger partial charge in [-0.15, -0.1) is 0 Å². The fourth-order valence-electron chi connectivity index (χ4n) is 1.84. The molecule has 1 saturated heterocycles. The number of pyridine rings is 1.